The van der Waals surface area contributed by atoms with Gasteiger partial charge < -0.3 is 5.32 Å². The fourth-order valence-corrected chi connectivity index (χ4v) is 3.98. The van der Waals surface area contributed by atoms with Crippen LogP contribution in [0, 0.1) is 12.7 Å². The Morgan fingerprint density at radius 1 is 1.15 bits per heavy atom. The van der Waals surface area contributed by atoms with Crippen molar-refractivity contribution in [1.82, 2.24) is 10.3 Å². The Morgan fingerprint density at radius 2 is 1.88 bits per heavy atom. The highest BCUT2D eigenvalue weighted by Crippen LogP contribution is 2.25. The normalized spacial score (nSPS) is 10.7. The van der Waals surface area contributed by atoms with Crippen LogP contribution in [0.2, 0.25) is 0 Å². The molecule has 1 heterocycles. The molecule has 0 atom stereocenters. The van der Waals surface area contributed by atoms with Crippen LogP contribution >= 0.6 is 23.1 Å². The Hall–Kier alpha value is -2.18. The maximum atomic E-state index is 12.8. The van der Waals surface area contributed by atoms with E-state index in [-0.39, 0.29) is 11.7 Å². The molecule has 0 bridgehead atoms. The van der Waals surface area contributed by atoms with Crippen LogP contribution in [0.1, 0.15) is 16.8 Å². The second-order valence-electron chi connectivity index (χ2n) is 5.91. The van der Waals surface area contributed by atoms with Crippen LogP contribution < -0.4 is 5.32 Å². The van der Waals surface area contributed by atoms with Crippen molar-refractivity contribution >= 4 is 29.0 Å². The molecular weight excluding hydrogens is 367 g/mol. The SMILES string of the molecule is Cc1ccc(-c2nc(CSCC(=O)NCc3ccc(F)cc3)cs2)cc1. The van der Waals surface area contributed by atoms with Crippen molar-refractivity contribution in [2.24, 2.45) is 0 Å². The maximum absolute atomic E-state index is 12.8. The summed E-state index contributed by atoms with van der Waals surface area (Å²) < 4.78 is 12.8. The van der Waals surface area contributed by atoms with Gasteiger partial charge in [-0.2, -0.15) is 0 Å². The predicted octanol–water partition coefficient (Wildman–Crippen LogP) is 4.81. The summed E-state index contributed by atoms with van der Waals surface area (Å²) in [5.74, 6) is 0.766. The molecule has 0 aliphatic heterocycles. The van der Waals surface area contributed by atoms with Crippen molar-refractivity contribution < 1.29 is 9.18 Å². The van der Waals surface area contributed by atoms with Crippen LogP contribution in [0.4, 0.5) is 4.39 Å². The van der Waals surface area contributed by atoms with Crippen LogP contribution in [-0.2, 0) is 17.1 Å². The van der Waals surface area contributed by atoms with E-state index >= 15 is 0 Å². The van der Waals surface area contributed by atoms with Crippen LogP contribution in [-0.4, -0.2) is 16.6 Å². The Balaban J connectivity index is 1.42. The first-order chi connectivity index (χ1) is 12.6. The van der Waals surface area contributed by atoms with Gasteiger partial charge in [-0.15, -0.1) is 23.1 Å². The number of benzene rings is 2. The van der Waals surface area contributed by atoms with Crippen LogP contribution in [0.25, 0.3) is 10.6 Å². The van der Waals surface area contributed by atoms with Gasteiger partial charge in [-0.25, -0.2) is 9.37 Å². The smallest absolute Gasteiger partial charge is 0.230 e. The van der Waals surface area contributed by atoms with Gasteiger partial charge in [0.1, 0.15) is 10.8 Å². The molecule has 26 heavy (non-hydrogen) atoms. The molecular formula is C20H19FN2OS2. The molecule has 134 valence electrons. The van der Waals surface area contributed by atoms with Gasteiger partial charge in [0.2, 0.25) is 5.91 Å². The minimum absolute atomic E-state index is 0.0340. The zero-order valence-corrected chi connectivity index (χ0v) is 16.0. The molecule has 0 aliphatic rings. The van der Waals surface area contributed by atoms with E-state index in [1.54, 1.807) is 23.5 Å². The molecule has 1 N–H and O–H groups in total. The Morgan fingerprint density at radius 3 is 2.62 bits per heavy atom. The predicted molar refractivity (Wildman–Crippen MR) is 107 cm³/mol. The maximum Gasteiger partial charge on any atom is 0.230 e. The number of thioether (sulfide) groups is 1. The third-order valence-corrected chi connectivity index (χ3v) is 5.64. The molecule has 1 amide bonds. The van der Waals surface area contributed by atoms with Crippen molar-refractivity contribution in [1.29, 1.82) is 0 Å². The lowest BCUT2D eigenvalue weighted by Crippen LogP contribution is -2.24. The van der Waals surface area contributed by atoms with Gasteiger partial charge in [0.05, 0.1) is 11.4 Å². The van der Waals surface area contributed by atoms with Crippen molar-refractivity contribution in [3.05, 3.63) is 76.5 Å². The van der Waals surface area contributed by atoms with E-state index < -0.39 is 0 Å². The van der Waals surface area contributed by atoms with E-state index in [1.807, 2.05) is 5.38 Å². The number of aromatic nitrogens is 1. The third kappa shape index (κ3) is 5.41. The summed E-state index contributed by atoms with van der Waals surface area (Å²) in [6.45, 7) is 2.47. The first-order valence-electron chi connectivity index (χ1n) is 8.20. The largest absolute Gasteiger partial charge is 0.351 e. The van der Waals surface area contributed by atoms with Crippen LogP contribution in [0.5, 0.6) is 0 Å². The molecule has 2 aromatic carbocycles. The number of carbonyl (C=O) groups excluding carboxylic acids is 1. The van der Waals surface area contributed by atoms with Gasteiger partial charge in [-0.05, 0) is 24.6 Å². The molecule has 0 radical (unpaired) electrons. The van der Waals surface area contributed by atoms with Gasteiger partial charge in [0.15, 0.2) is 0 Å². The fraction of sp³-hybridized carbons (Fsp3) is 0.200. The van der Waals surface area contributed by atoms with Crippen molar-refractivity contribution in [3.8, 4) is 10.6 Å². The van der Waals surface area contributed by atoms with E-state index in [0.29, 0.717) is 18.1 Å². The number of hydrogen-bond acceptors (Lipinski definition) is 4. The Labute approximate surface area is 160 Å². The van der Waals surface area contributed by atoms with Crippen molar-refractivity contribution in [2.75, 3.05) is 5.75 Å². The van der Waals surface area contributed by atoms with Gasteiger partial charge in [0, 0.05) is 23.2 Å². The lowest BCUT2D eigenvalue weighted by atomic mass is 10.2. The second kappa shape index (κ2) is 8.96. The molecule has 0 saturated heterocycles. The minimum atomic E-state index is -0.274. The first-order valence-corrected chi connectivity index (χ1v) is 10.2. The van der Waals surface area contributed by atoms with Gasteiger partial charge in [0.25, 0.3) is 0 Å². The molecule has 0 aliphatic carbocycles. The zero-order chi connectivity index (χ0) is 18.4. The number of amides is 1. The lowest BCUT2D eigenvalue weighted by Gasteiger charge is -2.05. The monoisotopic (exact) mass is 386 g/mol. The van der Waals surface area contributed by atoms with Crippen molar-refractivity contribution in [2.45, 2.75) is 19.2 Å². The zero-order valence-electron chi connectivity index (χ0n) is 14.4. The summed E-state index contributed by atoms with van der Waals surface area (Å²) in [7, 11) is 0. The van der Waals surface area contributed by atoms with E-state index in [2.05, 4.69) is 41.5 Å². The number of carbonyl (C=O) groups is 1. The molecule has 0 saturated carbocycles. The van der Waals surface area contributed by atoms with Crippen LogP contribution in [0.15, 0.2) is 53.9 Å². The average molecular weight is 387 g/mol. The Bertz CT molecular complexity index is 860. The number of aryl methyl sites for hydroxylation is 1. The number of thiazole rings is 1. The average Bonchev–Trinajstić information content (AvgIpc) is 3.11. The molecule has 0 spiro atoms. The standard InChI is InChI=1S/C20H19FN2OS2/c1-14-2-6-16(7-3-14)20-23-18(12-26-20)11-25-13-19(24)22-10-15-4-8-17(21)9-5-15/h2-9,12H,10-11,13H2,1H3,(H,22,24). The summed E-state index contributed by atoms with van der Waals surface area (Å²) in [5.41, 5.74) is 4.22. The molecule has 3 nitrogen and oxygen atoms in total. The quantitative estimate of drug-likeness (QED) is 0.634. The van der Waals surface area contributed by atoms with E-state index in [1.165, 1.54) is 29.5 Å². The van der Waals surface area contributed by atoms with Crippen molar-refractivity contribution in [3.63, 3.8) is 0 Å². The highest BCUT2D eigenvalue weighted by Gasteiger charge is 2.07. The summed E-state index contributed by atoms with van der Waals surface area (Å²) in [5, 5.41) is 5.88. The fourth-order valence-electron chi connectivity index (χ4n) is 2.30. The topological polar surface area (TPSA) is 42.0 Å². The van der Waals surface area contributed by atoms with E-state index in [4.69, 9.17) is 0 Å². The summed E-state index contributed by atoms with van der Waals surface area (Å²) >= 11 is 3.16. The first kappa shape index (κ1) is 18.6. The third-order valence-electron chi connectivity index (χ3n) is 3.74. The number of hydrogen-bond donors (Lipinski definition) is 1. The minimum Gasteiger partial charge on any atom is -0.351 e. The van der Waals surface area contributed by atoms with Crippen LogP contribution in [0.3, 0.4) is 0 Å². The number of nitrogens with zero attached hydrogens (tertiary/aromatic N) is 1. The van der Waals surface area contributed by atoms with E-state index in [9.17, 15) is 9.18 Å². The van der Waals surface area contributed by atoms with Gasteiger partial charge >= 0.3 is 0 Å². The molecule has 0 fully saturated rings. The summed E-state index contributed by atoms with van der Waals surface area (Å²) in [6.07, 6.45) is 0. The molecule has 1 aromatic heterocycles. The highest BCUT2D eigenvalue weighted by molar-refractivity contribution is 7.99. The molecule has 6 heteroatoms. The highest BCUT2D eigenvalue weighted by atomic mass is 32.2. The second-order valence-corrected chi connectivity index (χ2v) is 7.75. The molecule has 3 aromatic rings. The lowest BCUT2D eigenvalue weighted by molar-refractivity contribution is -0.118. The molecule has 3 rings (SSSR count). The Kier molecular flexibility index (Phi) is 6.41. The summed E-state index contributed by atoms with van der Waals surface area (Å²) in [6, 6.07) is 14.4. The van der Waals surface area contributed by atoms with Gasteiger partial charge in [-0.3, -0.25) is 4.79 Å². The van der Waals surface area contributed by atoms with E-state index in [0.717, 1.165) is 21.8 Å². The molecule has 0 unspecified atom stereocenters. The number of halogens is 1. The summed E-state index contributed by atoms with van der Waals surface area (Å²) in [4.78, 5) is 16.5. The number of rotatable bonds is 7. The number of nitrogens with one attached hydrogen (secondary N) is 1. The van der Waals surface area contributed by atoms with Gasteiger partial charge in [-0.1, -0.05) is 42.0 Å².